The summed E-state index contributed by atoms with van der Waals surface area (Å²) < 4.78 is 5.99. The van der Waals surface area contributed by atoms with E-state index in [1.807, 2.05) is 36.4 Å². The average Bonchev–Trinajstić information content (AvgIpc) is 3.77. The molecule has 1 unspecified atom stereocenters. The van der Waals surface area contributed by atoms with Gasteiger partial charge in [0.1, 0.15) is 17.8 Å². The van der Waals surface area contributed by atoms with Crippen LogP contribution >= 0.6 is 23.2 Å². The summed E-state index contributed by atoms with van der Waals surface area (Å²) in [6.07, 6.45) is 2.49. The van der Waals surface area contributed by atoms with Crippen molar-refractivity contribution in [2.45, 2.75) is 43.6 Å². The molecule has 0 radical (unpaired) electrons. The zero-order valence-corrected chi connectivity index (χ0v) is 24.1. The van der Waals surface area contributed by atoms with Crippen molar-refractivity contribution in [2.24, 2.45) is 11.8 Å². The van der Waals surface area contributed by atoms with Gasteiger partial charge in [0.25, 0.3) is 0 Å². The minimum atomic E-state index is -1.25. The Morgan fingerprint density at radius 1 is 1.07 bits per heavy atom. The summed E-state index contributed by atoms with van der Waals surface area (Å²) in [7, 11) is 0. The molecule has 1 saturated carbocycles. The van der Waals surface area contributed by atoms with Crippen LogP contribution < -0.4 is 15.4 Å². The van der Waals surface area contributed by atoms with Gasteiger partial charge in [-0.3, -0.25) is 9.59 Å². The van der Waals surface area contributed by atoms with Crippen LogP contribution in [0.15, 0.2) is 60.7 Å². The van der Waals surface area contributed by atoms with E-state index in [1.54, 1.807) is 24.3 Å². The summed E-state index contributed by atoms with van der Waals surface area (Å²) in [5, 5.41) is 16.7. The summed E-state index contributed by atoms with van der Waals surface area (Å²) in [5.41, 5.74) is 2.23. The van der Waals surface area contributed by atoms with Crippen LogP contribution in [0, 0.1) is 23.7 Å². The molecule has 2 aliphatic heterocycles. The number of hydrogen-bond acceptors (Lipinski definition) is 4. The van der Waals surface area contributed by atoms with Crippen LogP contribution in [0.2, 0.25) is 10.0 Å². The van der Waals surface area contributed by atoms with Crippen LogP contribution in [-0.2, 0) is 15.0 Å². The highest BCUT2D eigenvalue weighted by molar-refractivity contribution is 6.31. The highest BCUT2D eigenvalue weighted by Crippen LogP contribution is 2.58. The fraction of sp³-hybridized carbons (Fsp3) is 0.333. The molecule has 8 heteroatoms. The maximum Gasteiger partial charge on any atom is 0.238 e. The highest BCUT2D eigenvalue weighted by atomic mass is 35.5. The standard InChI is InChI=1S/C33H30Cl2N2O4/c1-19(21-8-9-21)5-6-20-7-12-29(41-14-13-38)25(15-20)31-33(26-11-10-24(35)17-28(26)36-32(33)40)27(18-30(39)37-31)22-3-2-4-23(34)16-22/h2-4,7,10-12,15-17,19,21,27,31,38H,8-9,13-14,18H2,1H3,(H,36,40)(H,37,39)/t19?,27-,31+,33-/m0/s1. The van der Waals surface area contributed by atoms with E-state index in [2.05, 4.69) is 29.4 Å². The van der Waals surface area contributed by atoms with Crippen LogP contribution in [0.4, 0.5) is 5.69 Å². The summed E-state index contributed by atoms with van der Waals surface area (Å²) in [6.45, 7) is 2.01. The van der Waals surface area contributed by atoms with E-state index < -0.39 is 17.4 Å². The van der Waals surface area contributed by atoms with Crippen molar-refractivity contribution in [2.75, 3.05) is 18.5 Å². The number of carbonyl (C=O) groups excluding carboxylic acids is 2. The van der Waals surface area contributed by atoms with E-state index in [0.717, 1.165) is 16.7 Å². The van der Waals surface area contributed by atoms with Gasteiger partial charge in [0.2, 0.25) is 11.8 Å². The predicted octanol–water partition coefficient (Wildman–Crippen LogP) is 6.00. The molecule has 3 N–H and O–H groups in total. The van der Waals surface area contributed by atoms with Gasteiger partial charge in [0, 0.05) is 45.1 Å². The second-order valence-electron chi connectivity index (χ2n) is 11.0. The van der Waals surface area contributed by atoms with Crippen LogP contribution in [0.1, 0.15) is 60.4 Å². The lowest BCUT2D eigenvalue weighted by Gasteiger charge is -2.46. The molecule has 3 aliphatic rings. The van der Waals surface area contributed by atoms with Crippen molar-refractivity contribution in [3.63, 3.8) is 0 Å². The predicted molar refractivity (Wildman–Crippen MR) is 159 cm³/mol. The molecule has 6 rings (SSSR count). The summed E-state index contributed by atoms with van der Waals surface area (Å²) in [5.74, 6) is 7.06. The van der Waals surface area contributed by atoms with E-state index in [4.69, 9.17) is 27.9 Å². The highest BCUT2D eigenvalue weighted by Gasteiger charge is 2.61. The second-order valence-corrected chi connectivity index (χ2v) is 11.9. The Labute approximate surface area is 249 Å². The van der Waals surface area contributed by atoms with Gasteiger partial charge in [0.05, 0.1) is 12.6 Å². The first-order chi connectivity index (χ1) is 19.8. The van der Waals surface area contributed by atoms with Crippen molar-refractivity contribution in [1.82, 2.24) is 5.32 Å². The molecule has 6 nitrogen and oxygen atoms in total. The normalized spacial score (nSPS) is 23.7. The molecule has 1 saturated heterocycles. The molecule has 3 aromatic rings. The number of aliphatic hydroxyl groups is 1. The van der Waals surface area contributed by atoms with Gasteiger partial charge in [-0.25, -0.2) is 0 Å². The molecule has 1 spiro atoms. The number of piperidine rings is 1. The molecular formula is C33H30Cl2N2O4. The maximum atomic E-state index is 14.3. The van der Waals surface area contributed by atoms with E-state index in [-0.39, 0.29) is 37.4 Å². The third kappa shape index (κ3) is 5.08. The van der Waals surface area contributed by atoms with Crippen molar-refractivity contribution in [3.05, 3.63) is 93.0 Å². The Morgan fingerprint density at radius 2 is 1.88 bits per heavy atom. The molecule has 2 fully saturated rings. The fourth-order valence-electron chi connectivity index (χ4n) is 6.32. The molecular weight excluding hydrogens is 559 g/mol. The molecule has 41 heavy (non-hydrogen) atoms. The Bertz CT molecular complexity index is 1590. The third-order valence-corrected chi connectivity index (χ3v) is 8.92. The van der Waals surface area contributed by atoms with Gasteiger partial charge in [-0.15, -0.1) is 0 Å². The molecule has 0 aromatic heterocycles. The average molecular weight is 590 g/mol. The fourth-order valence-corrected chi connectivity index (χ4v) is 6.69. The van der Waals surface area contributed by atoms with Gasteiger partial charge >= 0.3 is 0 Å². The molecule has 2 amide bonds. The quantitative estimate of drug-likeness (QED) is 0.308. The second kappa shape index (κ2) is 11.1. The molecule has 0 bridgehead atoms. The Kier molecular flexibility index (Phi) is 7.46. The maximum absolute atomic E-state index is 14.3. The van der Waals surface area contributed by atoms with Gasteiger partial charge in [-0.2, -0.15) is 0 Å². The Balaban J connectivity index is 1.57. The minimum absolute atomic E-state index is 0.0561. The van der Waals surface area contributed by atoms with Crippen LogP contribution in [-0.4, -0.2) is 30.1 Å². The number of nitrogens with one attached hydrogen (secondary N) is 2. The number of amides is 2. The van der Waals surface area contributed by atoms with Gasteiger partial charge in [0.15, 0.2) is 0 Å². The summed E-state index contributed by atoms with van der Waals surface area (Å²) in [4.78, 5) is 27.8. The van der Waals surface area contributed by atoms with Gasteiger partial charge in [-0.05, 0) is 72.4 Å². The van der Waals surface area contributed by atoms with Crippen LogP contribution in [0.5, 0.6) is 5.75 Å². The number of hydrogen-bond donors (Lipinski definition) is 3. The molecule has 210 valence electrons. The van der Waals surface area contributed by atoms with E-state index >= 15 is 0 Å². The van der Waals surface area contributed by atoms with Crippen LogP contribution in [0.25, 0.3) is 0 Å². The summed E-state index contributed by atoms with van der Waals surface area (Å²) in [6, 6.07) is 17.4. The zero-order chi connectivity index (χ0) is 28.7. The molecule has 2 heterocycles. The van der Waals surface area contributed by atoms with Gasteiger partial charge in [-0.1, -0.05) is 60.2 Å². The van der Waals surface area contributed by atoms with Crippen LogP contribution in [0.3, 0.4) is 0 Å². The topological polar surface area (TPSA) is 87.7 Å². The van der Waals surface area contributed by atoms with Crippen molar-refractivity contribution >= 4 is 40.7 Å². The number of carbonyl (C=O) groups is 2. The number of anilines is 1. The smallest absolute Gasteiger partial charge is 0.238 e. The molecule has 4 atom stereocenters. The number of benzene rings is 3. The Morgan fingerprint density at radius 3 is 2.63 bits per heavy atom. The lowest BCUT2D eigenvalue weighted by Crippen LogP contribution is -2.57. The van der Waals surface area contributed by atoms with E-state index in [9.17, 15) is 14.7 Å². The van der Waals surface area contributed by atoms with E-state index in [1.165, 1.54) is 12.8 Å². The molecule has 3 aromatic carbocycles. The summed E-state index contributed by atoms with van der Waals surface area (Å²) >= 11 is 12.8. The Hall–Kier alpha value is -3.50. The first kappa shape index (κ1) is 27.7. The number of aliphatic hydroxyl groups excluding tert-OH is 1. The van der Waals surface area contributed by atoms with Crippen molar-refractivity contribution in [1.29, 1.82) is 0 Å². The zero-order valence-electron chi connectivity index (χ0n) is 22.5. The number of ether oxygens (including phenoxy) is 1. The number of halogens is 2. The number of fused-ring (bicyclic) bond motifs is 2. The minimum Gasteiger partial charge on any atom is -0.491 e. The monoisotopic (exact) mass is 588 g/mol. The lowest BCUT2D eigenvalue weighted by atomic mass is 9.59. The van der Waals surface area contributed by atoms with Gasteiger partial charge < -0.3 is 20.5 Å². The first-order valence-corrected chi connectivity index (χ1v) is 14.6. The van der Waals surface area contributed by atoms with Crippen molar-refractivity contribution in [3.8, 4) is 17.6 Å². The first-order valence-electron chi connectivity index (χ1n) is 13.9. The lowest BCUT2D eigenvalue weighted by molar-refractivity contribution is -0.131. The molecule has 1 aliphatic carbocycles. The largest absolute Gasteiger partial charge is 0.491 e. The third-order valence-electron chi connectivity index (χ3n) is 8.45. The van der Waals surface area contributed by atoms with E-state index in [0.29, 0.717) is 33.0 Å². The number of rotatable bonds is 6. The van der Waals surface area contributed by atoms with Crippen molar-refractivity contribution < 1.29 is 19.4 Å². The SMILES string of the molecule is CC(C#Cc1ccc(OCCO)c([C@H]2NC(=O)C[C@@H](c3cccc(Cl)c3)[C@]23C(=O)Nc2cc(Cl)ccc23)c1)C1CC1.